The summed E-state index contributed by atoms with van der Waals surface area (Å²) in [7, 11) is 1.74. The van der Waals surface area contributed by atoms with Crippen molar-refractivity contribution in [1.29, 1.82) is 0 Å². The Labute approximate surface area is 92.0 Å². The molecule has 0 aliphatic rings. The van der Waals surface area contributed by atoms with Crippen LogP contribution in [0.4, 0.5) is 0 Å². The van der Waals surface area contributed by atoms with Gasteiger partial charge in [-0.25, -0.2) is 4.98 Å². The molecule has 0 aliphatic heterocycles. The van der Waals surface area contributed by atoms with Crippen molar-refractivity contribution in [2.45, 2.75) is 0 Å². The van der Waals surface area contributed by atoms with Crippen LogP contribution in [-0.4, -0.2) is 9.55 Å². The lowest BCUT2D eigenvalue weighted by Crippen LogP contribution is -2.15. The molecule has 2 heterocycles. The third kappa shape index (κ3) is 1.21. The van der Waals surface area contributed by atoms with Gasteiger partial charge in [0, 0.05) is 23.9 Å². The summed E-state index contributed by atoms with van der Waals surface area (Å²) in [5.74, 6) is 0. The Morgan fingerprint density at radius 1 is 1.06 bits per heavy atom. The van der Waals surface area contributed by atoms with Crippen LogP contribution in [0.1, 0.15) is 0 Å². The Balaban J connectivity index is 2.56. The molecule has 3 heteroatoms. The van der Waals surface area contributed by atoms with E-state index >= 15 is 0 Å². The average Bonchev–Trinajstić information content (AvgIpc) is 2.32. The van der Waals surface area contributed by atoms with Gasteiger partial charge in [0.05, 0.1) is 5.52 Å². The van der Waals surface area contributed by atoms with Crippen LogP contribution >= 0.6 is 0 Å². The number of nitrogens with zero attached hydrogens (tertiary/aromatic N) is 2. The lowest BCUT2D eigenvalue weighted by atomic mass is 10.2. The average molecular weight is 210 g/mol. The third-order valence-electron chi connectivity index (χ3n) is 2.79. The van der Waals surface area contributed by atoms with Crippen molar-refractivity contribution in [2.75, 3.05) is 0 Å². The molecule has 1 aromatic carbocycles. The molecule has 78 valence electrons. The predicted molar refractivity (Wildman–Crippen MR) is 64.5 cm³/mol. The fraction of sp³-hybridized carbons (Fsp3) is 0.0769. The maximum Gasteiger partial charge on any atom is 0.251 e. The summed E-state index contributed by atoms with van der Waals surface area (Å²) in [6.45, 7) is 0. The molecule has 3 aromatic rings. The normalized spacial score (nSPS) is 11.1. The molecular weight excluding hydrogens is 200 g/mol. The van der Waals surface area contributed by atoms with Crippen LogP contribution in [0.2, 0.25) is 0 Å². The van der Waals surface area contributed by atoms with Crippen LogP contribution in [0.3, 0.4) is 0 Å². The van der Waals surface area contributed by atoms with Gasteiger partial charge in [0.1, 0.15) is 5.65 Å². The Morgan fingerprint density at radius 3 is 2.75 bits per heavy atom. The molecule has 0 unspecified atom stereocenters. The smallest absolute Gasteiger partial charge is 0.251 e. The van der Waals surface area contributed by atoms with Crippen molar-refractivity contribution in [1.82, 2.24) is 9.55 Å². The molecule has 0 fully saturated rings. The van der Waals surface area contributed by atoms with E-state index < -0.39 is 0 Å². The first kappa shape index (κ1) is 9.09. The lowest BCUT2D eigenvalue weighted by molar-refractivity contribution is 0.891. The largest absolute Gasteiger partial charge is 0.296 e. The Hall–Kier alpha value is -2.16. The highest BCUT2D eigenvalue weighted by molar-refractivity contribution is 5.90. The van der Waals surface area contributed by atoms with E-state index in [0.29, 0.717) is 0 Å². The topological polar surface area (TPSA) is 34.9 Å². The van der Waals surface area contributed by atoms with Crippen LogP contribution in [0.15, 0.2) is 47.3 Å². The summed E-state index contributed by atoms with van der Waals surface area (Å²) in [6.07, 6.45) is 0. The SMILES string of the molecule is Cn1c(=O)ccc2cc3ccccc3nc21. The van der Waals surface area contributed by atoms with Crippen LogP contribution in [0.25, 0.3) is 21.9 Å². The van der Waals surface area contributed by atoms with E-state index in [2.05, 4.69) is 11.1 Å². The number of benzene rings is 1. The quantitative estimate of drug-likeness (QED) is 0.532. The molecule has 3 rings (SSSR count). The molecular formula is C13H10N2O. The summed E-state index contributed by atoms with van der Waals surface area (Å²) in [5, 5.41) is 2.08. The number of para-hydroxylation sites is 1. The second kappa shape index (κ2) is 3.17. The van der Waals surface area contributed by atoms with E-state index in [4.69, 9.17) is 0 Å². The maximum atomic E-state index is 11.5. The maximum absolute atomic E-state index is 11.5. The molecule has 0 saturated carbocycles. The van der Waals surface area contributed by atoms with E-state index in [1.165, 1.54) is 0 Å². The van der Waals surface area contributed by atoms with Gasteiger partial charge in [-0.1, -0.05) is 18.2 Å². The number of rotatable bonds is 0. The Kier molecular flexibility index (Phi) is 1.80. The van der Waals surface area contributed by atoms with E-state index in [1.807, 2.05) is 30.3 Å². The van der Waals surface area contributed by atoms with Gasteiger partial charge < -0.3 is 0 Å². The van der Waals surface area contributed by atoms with Gasteiger partial charge in [0.25, 0.3) is 5.56 Å². The van der Waals surface area contributed by atoms with Crippen molar-refractivity contribution in [3.63, 3.8) is 0 Å². The number of fused-ring (bicyclic) bond motifs is 2. The zero-order valence-corrected chi connectivity index (χ0v) is 8.84. The summed E-state index contributed by atoms with van der Waals surface area (Å²) in [5.41, 5.74) is 1.61. The Bertz CT molecular complexity index is 744. The number of pyridine rings is 2. The van der Waals surface area contributed by atoms with Gasteiger partial charge in [-0.2, -0.15) is 0 Å². The van der Waals surface area contributed by atoms with Crippen molar-refractivity contribution in [2.24, 2.45) is 7.05 Å². The van der Waals surface area contributed by atoms with Gasteiger partial charge in [-0.05, 0) is 18.2 Å². The number of hydrogen-bond acceptors (Lipinski definition) is 2. The zero-order chi connectivity index (χ0) is 11.1. The summed E-state index contributed by atoms with van der Waals surface area (Å²) in [6, 6.07) is 13.3. The number of aromatic nitrogens is 2. The van der Waals surface area contributed by atoms with Crippen molar-refractivity contribution in [3.05, 3.63) is 52.8 Å². The second-order valence-electron chi connectivity index (χ2n) is 3.82. The second-order valence-corrected chi connectivity index (χ2v) is 3.82. The van der Waals surface area contributed by atoms with Crippen LogP contribution in [-0.2, 0) is 7.05 Å². The van der Waals surface area contributed by atoms with Crippen LogP contribution in [0, 0.1) is 0 Å². The van der Waals surface area contributed by atoms with Gasteiger partial charge >= 0.3 is 0 Å². The molecule has 16 heavy (non-hydrogen) atoms. The van der Waals surface area contributed by atoms with Crippen molar-refractivity contribution in [3.8, 4) is 0 Å². The van der Waals surface area contributed by atoms with E-state index in [1.54, 1.807) is 17.7 Å². The Morgan fingerprint density at radius 2 is 1.88 bits per heavy atom. The summed E-state index contributed by atoms with van der Waals surface area (Å²) >= 11 is 0. The highest BCUT2D eigenvalue weighted by atomic mass is 16.1. The molecule has 0 atom stereocenters. The first-order valence-corrected chi connectivity index (χ1v) is 5.11. The zero-order valence-electron chi connectivity index (χ0n) is 8.84. The molecule has 3 nitrogen and oxygen atoms in total. The van der Waals surface area contributed by atoms with Gasteiger partial charge in [0.15, 0.2) is 0 Å². The van der Waals surface area contributed by atoms with Crippen molar-refractivity contribution < 1.29 is 0 Å². The van der Waals surface area contributed by atoms with E-state index in [9.17, 15) is 4.79 Å². The van der Waals surface area contributed by atoms with Gasteiger partial charge in [0.2, 0.25) is 0 Å². The fourth-order valence-electron chi connectivity index (χ4n) is 1.89. The molecule has 0 saturated heterocycles. The van der Waals surface area contributed by atoms with E-state index in [-0.39, 0.29) is 5.56 Å². The first-order chi connectivity index (χ1) is 7.75. The molecule has 0 spiro atoms. The minimum Gasteiger partial charge on any atom is -0.296 e. The minimum absolute atomic E-state index is 0.0321. The molecule has 0 radical (unpaired) electrons. The third-order valence-corrected chi connectivity index (χ3v) is 2.79. The molecule has 0 aliphatic carbocycles. The highest BCUT2D eigenvalue weighted by Gasteiger charge is 2.02. The van der Waals surface area contributed by atoms with Gasteiger partial charge in [-0.3, -0.25) is 9.36 Å². The minimum atomic E-state index is -0.0321. The molecule has 0 bridgehead atoms. The highest BCUT2D eigenvalue weighted by Crippen LogP contribution is 2.17. The van der Waals surface area contributed by atoms with Gasteiger partial charge in [-0.15, -0.1) is 0 Å². The monoisotopic (exact) mass is 210 g/mol. The first-order valence-electron chi connectivity index (χ1n) is 5.11. The fourth-order valence-corrected chi connectivity index (χ4v) is 1.89. The lowest BCUT2D eigenvalue weighted by Gasteiger charge is -2.04. The summed E-state index contributed by atoms with van der Waals surface area (Å²) < 4.78 is 1.57. The molecule has 0 amide bonds. The molecule has 0 N–H and O–H groups in total. The summed E-state index contributed by atoms with van der Waals surface area (Å²) in [4.78, 5) is 16.0. The van der Waals surface area contributed by atoms with Crippen LogP contribution < -0.4 is 5.56 Å². The van der Waals surface area contributed by atoms with Crippen molar-refractivity contribution >= 4 is 21.9 Å². The standard InChI is InChI=1S/C13H10N2O/c1-15-12(16)7-6-10-8-9-4-2-3-5-11(9)14-13(10)15/h2-8H,1H3. The van der Waals surface area contributed by atoms with E-state index in [0.717, 1.165) is 21.9 Å². The van der Waals surface area contributed by atoms with Crippen LogP contribution in [0.5, 0.6) is 0 Å². The number of hydrogen-bond donors (Lipinski definition) is 0. The predicted octanol–water partition coefficient (Wildman–Crippen LogP) is 2.09. The molecule has 2 aromatic heterocycles. The number of aryl methyl sites for hydroxylation is 1.